The Hall–Kier alpha value is -1.63. The average Bonchev–Trinajstić information content (AvgIpc) is 2.97. The molecule has 100 valence electrons. The Kier molecular flexibility index (Phi) is 3.63. The van der Waals surface area contributed by atoms with Crippen LogP contribution in [0.5, 0.6) is 11.5 Å². The van der Waals surface area contributed by atoms with Gasteiger partial charge in [0, 0.05) is 18.0 Å². The third-order valence-electron chi connectivity index (χ3n) is 3.07. The van der Waals surface area contributed by atoms with Crippen molar-refractivity contribution in [1.82, 2.24) is 10.4 Å². The highest BCUT2D eigenvalue weighted by atomic mass is 32.1. The first kappa shape index (κ1) is 12.4. The second kappa shape index (κ2) is 5.56. The lowest BCUT2D eigenvalue weighted by molar-refractivity contribution is 0.0619. The van der Waals surface area contributed by atoms with Crippen LogP contribution in [0.25, 0.3) is 0 Å². The number of benzene rings is 1. The van der Waals surface area contributed by atoms with Crippen molar-refractivity contribution in [2.75, 3.05) is 6.61 Å². The van der Waals surface area contributed by atoms with Crippen molar-refractivity contribution in [3.8, 4) is 11.5 Å². The number of ether oxygens (including phenoxy) is 2. The number of thiazole rings is 1. The Balaban J connectivity index is 1.72. The van der Waals surface area contributed by atoms with E-state index in [1.54, 1.807) is 17.5 Å². The lowest BCUT2D eigenvalue weighted by Gasteiger charge is -2.31. The van der Waals surface area contributed by atoms with Crippen molar-refractivity contribution in [3.63, 3.8) is 0 Å². The lowest BCUT2D eigenvalue weighted by Crippen LogP contribution is -2.51. The third-order valence-corrected chi connectivity index (χ3v) is 3.87. The van der Waals surface area contributed by atoms with Gasteiger partial charge >= 0.3 is 0 Å². The first-order valence-corrected chi connectivity index (χ1v) is 6.98. The van der Waals surface area contributed by atoms with Gasteiger partial charge in [-0.05, 0) is 12.1 Å². The normalized spacial score (nSPS) is 19.1. The number of aromatic nitrogens is 1. The second-order valence-electron chi connectivity index (χ2n) is 4.32. The molecule has 6 heteroatoms. The van der Waals surface area contributed by atoms with E-state index in [1.165, 1.54) is 0 Å². The highest BCUT2D eigenvalue weighted by Crippen LogP contribution is 2.31. The summed E-state index contributed by atoms with van der Waals surface area (Å²) >= 11 is 1.61. The summed E-state index contributed by atoms with van der Waals surface area (Å²) in [6, 6.07) is 7.63. The van der Waals surface area contributed by atoms with Gasteiger partial charge in [-0.2, -0.15) is 0 Å². The molecule has 1 aromatic carbocycles. The van der Waals surface area contributed by atoms with Crippen LogP contribution in [0.1, 0.15) is 5.01 Å². The minimum atomic E-state index is -0.121. The summed E-state index contributed by atoms with van der Waals surface area (Å²) < 4.78 is 11.6. The van der Waals surface area contributed by atoms with Crippen LogP contribution in [0, 0.1) is 0 Å². The molecule has 2 atom stereocenters. The van der Waals surface area contributed by atoms with Gasteiger partial charge in [-0.15, -0.1) is 11.3 Å². The van der Waals surface area contributed by atoms with Gasteiger partial charge < -0.3 is 9.47 Å². The maximum Gasteiger partial charge on any atom is 0.161 e. The van der Waals surface area contributed by atoms with Crippen LogP contribution in [0.15, 0.2) is 35.8 Å². The number of rotatable bonds is 4. The van der Waals surface area contributed by atoms with Gasteiger partial charge in [0.1, 0.15) is 12.7 Å². The maximum absolute atomic E-state index is 5.94. The van der Waals surface area contributed by atoms with Crippen molar-refractivity contribution in [2.24, 2.45) is 5.84 Å². The van der Waals surface area contributed by atoms with Crippen molar-refractivity contribution in [1.29, 1.82) is 0 Å². The van der Waals surface area contributed by atoms with Crippen LogP contribution in [-0.4, -0.2) is 23.7 Å². The zero-order valence-electron chi connectivity index (χ0n) is 10.3. The molecule has 0 bridgehead atoms. The molecule has 0 amide bonds. The fourth-order valence-electron chi connectivity index (χ4n) is 2.07. The standard InChI is InChI=1S/C13H15N3O2S/c14-16-9(7-13-15-5-6-19-13)12-8-17-10-3-1-2-4-11(10)18-12/h1-6,9,12,16H,7-8,14H2. The third kappa shape index (κ3) is 2.70. The first-order valence-electron chi connectivity index (χ1n) is 6.10. The van der Waals surface area contributed by atoms with Gasteiger partial charge in [-0.1, -0.05) is 12.1 Å². The van der Waals surface area contributed by atoms with Crippen molar-refractivity contribution < 1.29 is 9.47 Å². The van der Waals surface area contributed by atoms with Gasteiger partial charge in [0.25, 0.3) is 0 Å². The van der Waals surface area contributed by atoms with Gasteiger partial charge in [0.2, 0.25) is 0 Å². The van der Waals surface area contributed by atoms with Gasteiger partial charge in [0.15, 0.2) is 11.5 Å². The summed E-state index contributed by atoms with van der Waals surface area (Å²) in [4.78, 5) is 4.27. The number of nitrogens with one attached hydrogen (secondary N) is 1. The zero-order chi connectivity index (χ0) is 13.1. The molecule has 0 saturated heterocycles. The van der Waals surface area contributed by atoms with E-state index >= 15 is 0 Å². The number of fused-ring (bicyclic) bond motifs is 1. The summed E-state index contributed by atoms with van der Waals surface area (Å²) in [5, 5.41) is 2.99. The molecule has 2 heterocycles. The molecule has 19 heavy (non-hydrogen) atoms. The molecule has 0 saturated carbocycles. The molecule has 0 radical (unpaired) electrons. The predicted octanol–water partition coefficient (Wildman–Crippen LogP) is 1.36. The monoisotopic (exact) mass is 277 g/mol. The van der Waals surface area contributed by atoms with E-state index in [9.17, 15) is 0 Å². The van der Waals surface area contributed by atoms with Crippen LogP contribution >= 0.6 is 11.3 Å². The van der Waals surface area contributed by atoms with Crippen LogP contribution in [-0.2, 0) is 6.42 Å². The molecule has 5 nitrogen and oxygen atoms in total. The minimum Gasteiger partial charge on any atom is -0.486 e. The molecule has 2 unspecified atom stereocenters. The Bertz CT molecular complexity index is 532. The number of hydrogen-bond acceptors (Lipinski definition) is 6. The van der Waals surface area contributed by atoms with Crippen LogP contribution in [0.4, 0.5) is 0 Å². The molecule has 2 aromatic rings. The summed E-state index contributed by atoms with van der Waals surface area (Å²) in [5.74, 6) is 7.17. The zero-order valence-corrected chi connectivity index (χ0v) is 11.1. The maximum atomic E-state index is 5.94. The van der Waals surface area contributed by atoms with E-state index in [1.807, 2.05) is 29.6 Å². The summed E-state index contributed by atoms with van der Waals surface area (Å²) in [6.45, 7) is 0.483. The fraction of sp³-hybridized carbons (Fsp3) is 0.308. The Morgan fingerprint density at radius 3 is 3.00 bits per heavy atom. The summed E-state index contributed by atoms with van der Waals surface area (Å²) in [6.07, 6.45) is 2.40. The van der Waals surface area contributed by atoms with Gasteiger partial charge in [-0.3, -0.25) is 11.3 Å². The van der Waals surface area contributed by atoms with E-state index < -0.39 is 0 Å². The van der Waals surface area contributed by atoms with Crippen molar-refractivity contribution in [2.45, 2.75) is 18.6 Å². The molecule has 3 N–H and O–H groups in total. The minimum absolute atomic E-state index is 0.0282. The Morgan fingerprint density at radius 2 is 2.26 bits per heavy atom. The molecular formula is C13H15N3O2S. The number of para-hydroxylation sites is 2. The number of hydrazine groups is 1. The summed E-state index contributed by atoms with van der Waals surface area (Å²) in [7, 11) is 0. The highest BCUT2D eigenvalue weighted by Gasteiger charge is 2.28. The first-order chi connectivity index (χ1) is 9.36. The molecule has 1 aromatic heterocycles. The molecule has 3 rings (SSSR count). The van der Waals surface area contributed by atoms with Crippen LogP contribution in [0.2, 0.25) is 0 Å². The quantitative estimate of drug-likeness (QED) is 0.652. The number of hydrogen-bond donors (Lipinski definition) is 2. The SMILES string of the molecule is NNC(Cc1nccs1)C1COc2ccccc2O1. The van der Waals surface area contributed by atoms with Gasteiger partial charge in [-0.25, -0.2) is 4.98 Å². The molecule has 1 aliphatic rings. The van der Waals surface area contributed by atoms with E-state index in [0.29, 0.717) is 6.61 Å². The van der Waals surface area contributed by atoms with Crippen molar-refractivity contribution >= 4 is 11.3 Å². The molecule has 0 aliphatic carbocycles. The van der Waals surface area contributed by atoms with Crippen LogP contribution < -0.4 is 20.7 Å². The number of nitrogens with two attached hydrogens (primary N) is 1. The fourth-order valence-corrected chi connectivity index (χ4v) is 2.75. The smallest absolute Gasteiger partial charge is 0.161 e. The second-order valence-corrected chi connectivity index (χ2v) is 5.30. The average molecular weight is 277 g/mol. The van der Waals surface area contributed by atoms with E-state index in [2.05, 4.69) is 10.4 Å². The molecule has 0 spiro atoms. The van der Waals surface area contributed by atoms with E-state index in [-0.39, 0.29) is 12.1 Å². The van der Waals surface area contributed by atoms with Crippen molar-refractivity contribution in [3.05, 3.63) is 40.8 Å². The number of nitrogens with zero attached hydrogens (tertiary/aromatic N) is 1. The molecule has 1 aliphatic heterocycles. The summed E-state index contributed by atoms with van der Waals surface area (Å²) in [5.41, 5.74) is 2.80. The van der Waals surface area contributed by atoms with Crippen LogP contribution in [0.3, 0.4) is 0 Å². The Labute approximate surface area is 115 Å². The van der Waals surface area contributed by atoms with Gasteiger partial charge in [0.05, 0.1) is 11.0 Å². The Morgan fingerprint density at radius 1 is 1.42 bits per heavy atom. The topological polar surface area (TPSA) is 69.4 Å². The predicted molar refractivity (Wildman–Crippen MR) is 73.3 cm³/mol. The highest BCUT2D eigenvalue weighted by molar-refractivity contribution is 7.09. The van der Waals surface area contributed by atoms with E-state index in [0.717, 1.165) is 22.9 Å². The molecular weight excluding hydrogens is 262 g/mol. The molecule has 0 fully saturated rings. The lowest BCUT2D eigenvalue weighted by atomic mass is 10.1. The largest absolute Gasteiger partial charge is 0.486 e. The van der Waals surface area contributed by atoms with E-state index in [4.69, 9.17) is 15.3 Å².